The first-order valence-corrected chi connectivity index (χ1v) is 13.7. The number of hydrogen-bond donors (Lipinski definition) is 0. The summed E-state index contributed by atoms with van der Waals surface area (Å²) in [6.07, 6.45) is 17.8. The third-order valence-electron chi connectivity index (χ3n) is 6.41. The summed E-state index contributed by atoms with van der Waals surface area (Å²) in [5, 5.41) is 0. The van der Waals surface area contributed by atoms with Crippen molar-refractivity contribution in [2.75, 3.05) is 46.9 Å². The van der Waals surface area contributed by atoms with Gasteiger partial charge in [0.1, 0.15) is 6.10 Å². The first-order chi connectivity index (χ1) is 16.0. The molecule has 194 valence electrons. The van der Waals surface area contributed by atoms with Gasteiger partial charge in [-0.2, -0.15) is 0 Å². The van der Waals surface area contributed by atoms with E-state index in [1.165, 1.54) is 51.4 Å². The highest BCUT2D eigenvalue weighted by molar-refractivity contribution is 5.70. The van der Waals surface area contributed by atoms with Gasteiger partial charge in [0.15, 0.2) is 0 Å². The number of nitrogens with zero attached hydrogens (tertiary/aromatic N) is 2. The molecule has 0 bridgehead atoms. The summed E-state index contributed by atoms with van der Waals surface area (Å²) in [6, 6.07) is 0. The average molecular weight is 469 g/mol. The number of carbonyl (C=O) groups excluding carboxylic acids is 2. The van der Waals surface area contributed by atoms with Crippen LogP contribution < -0.4 is 0 Å². The molecule has 0 aromatic carbocycles. The molecule has 6 nitrogen and oxygen atoms in total. The minimum absolute atomic E-state index is 0.0342. The quantitative estimate of drug-likeness (QED) is 0.162. The second kappa shape index (κ2) is 20.3. The molecule has 0 aromatic rings. The van der Waals surface area contributed by atoms with Crippen LogP contribution >= 0.6 is 0 Å². The summed E-state index contributed by atoms with van der Waals surface area (Å²) in [5.41, 5.74) is 0. The van der Waals surface area contributed by atoms with Crippen molar-refractivity contribution < 1.29 is 19.1 Å². The summed E-state index contributed by atoms with van der Waals surface area (Å²) in [7, 11) is 3.93. The van der Waals surface area contributed by atoms with E-state index in [-0.39, 0.29) is 18.0 Å². The van der Waals surface area contributed by atoms with E-state index in [2.05, 4.69) is 11.8 Å². The number of carbonyl (C=O) groups is 2. The van der Waals surface area contributed by atoms with Crippen LogP contribution in [0.15, 0.2) is 0 Å². The maximum absolute atomic E-state index is 11.9. The summed E-state index contributed by atoms with van der Waals surface area (Å²) < 4.78 is 11.0. The van der Waals surface area contributed by atoms with E-state index < -0.39 is 0 Å². The van der Waals surface area contributed by atoms with Gasteiger partial charge in [-0.15, -0.1) is 0 Å². The molecular weight excluding hydrogens is 416 g/mol. The third kappa shape index (κ3) is 17.9. The Morgan fingerprint density at radius 2 is 1.45 bits per heavy atom. The topological polar surface area (TPSA) is 59.1 Å². The average Bonchev–Trinajstić information content (AvgIpc) is 3.23. The van der Waals surface area contributed by atoms with E-state index >= 15 is 0 Å². The molecule has 0 N–H and O–H groups in total. The fourth-order valence-corrected chi connectivity index (χ4v) is 4.29. The van der Waals surface area contributed by atoms with Gasteiger partial charge < -0.3 is 14.4 Å². The van der Waals surface area contributed by atoms with E-state index in [9.17, 15) is 9.59 Å². The molecule has 1 heterocycles. The second-order valence-corrected chi connectivity index (χ2v) is 9.97. The lowest BCUT2D eigenvalue weighted by atomic mass is 10.1. The zero-order valence-corrected chi connectivity index (χ0v) is 22.0. The molecule has 1 saturated heterocycles. The van der Waals surface area contributed by atoms with Crippen LogP contribution in [0.1, 0.15) is 110 Å². The zero-order chi connectivity index (χ0) is 24.2. The van der Waals surface area contributed by atoms with Crippen molar-refractivity contribution in [3.05, 3.63) is 0 Å². The van der Waals surface area contributed by atoms with Gasteiger partial charge in [0, 0.05) is 26.1 Å². The normalized spacial score (nSPS) is 16.4. The molecular formula is C27H52N2O4. The highest BCUT2D eigenvalue weighted by Crippen LogP contribution is 2.15. The molecule has 0 radical (unpaired) electrons. The van der Waals surface area contributed by atoms with Crippen LogP contribution in [0.3, 0.4) is 0 Å². The van der Waals surface area contributed by atoms with Gasteiger partial charge in [0.25, 0.3) is 0 Å². The van der Waals surface area contributed by atoms with Gasteiger partial charge in [-0.25, -0.2) is 0 Å². The Kier molecular flexibility index (Phi) is 18.3. The van der Waals surface area contributed by atoms with Gasteiger partial charge in [0.2, 0.25) is 0 Å². The van der Waals surface area contributed by atoms with Crippen LogP contribution in [0.2, 0.25) is 0 Å². The van der Waals surface area contributed by atoms with E-state index in [1.54, 1.807) is 0 Å². The summed E-state index contributed by atoms with van der Waals surface area (Å²) in [4.78, 5) is 28.1. The van der Waals surface area contributed by atoms with E-state index in [1.807, 2.05) is 19.0 Å². The van der Waals surface area contributed by atoms with Crippen LogP contribution in [0.5, 0.6) is 0 Å². The van der Waals surface area contributed by atoms with Gasteiger partial charge in [0.05, 0.1) is 13.0 Å². The fourth-order valence-electron chi connectivity index (χ4n) is 4.29. The predicted molar refractivity (Wildman–Crippen MR) is 135 cm³/mol. The Bertz CT molecular complexity index is 499. The zero-order valence-electron chi connectivity index (χ0n) is 22.0. The molecule has 1 atom stereocenters. The number of esters is 2. The summed E-state index contributed by atoms with van der Waals surface area (Å²) in [6.45, 7) is 6.50. The standard InChI is InChI=1S/C27H52N2O4/c1-4-5-6-7-8-9-10-13-16-23-32-26(30)17-14-11-12-15-20-29-22-18-25(24-29)33-27(31)19-21-28(2)3/h25H,4-24H2,1-3H3. The molecule has 0 saturated carbocycles. The molecule has 6 heteroatoms. The van der Waals surface area contributed by atoms with Crippen molar-refractivity contribution in [3.8, 4) is 0 Å². The maximum atomic E-state index is 11.9. The monoisotopic (exact) mass is 468 g/mol. The molecule has 0 amide bonds. The van der Waals surface area contributed by atoms with Crippen molar-refractivity contribution in [2.45, 2.75) is 116 Å². The lowest BCUT2D eigenvalue weighted by Crippen LogP contribution is -2.27. The molecule has 1 aliphatic rings. The van der Waals surface area contributed by atoms with Crippen LogP contribution in [0, 0.1) is 0 Å². The van der Waals surface area contributed by atoms with Crippen LogP contribution in [0.4, 0.5) is 0 Å². The molecule has 1 unspecified atom stereocenters. The van der Waals surface area contributed by atoms with Crippen molar-refractivity contribution in [3.63, 3.8) is 0 Å². The van der Waals surface area contributed by atoms with Gasteiger partial charge in [-0.05, 0) is 46.3 Å². The molecule has 0 aliphatic carbocycles. The fraction of sp³-hybridized carbons (Fsp3) is 0.926. The summed E-state index contributed by atoms with van der Waals surface area (Å²) in [5.74, 6) is -0.117. The Morgan fingerprint density at radius 1 is 0.818 bits per heavy atom. The highest BCUT2D eigenvalue weighted by atomic mass is 16.5. The summed E-state index contributed by atoms with van der Waals surface area (Å²) >= 11 is 0. The molecule has 1 aliphatic heterocycles. The van der Waals surface area contributed by atoms with Crippen LogP contribution in [-0.2, 0) is 19.1 Å². The number of rotatable bonds is 21. The van der Waals surface area contributed by atoms with Crippen molar-refractivity contribution in [2.24, 2.45) is 0 Å². The molecule has 33 heavy (non-hydrogen) atoms. The first kappa shape index (κ1) is 29.9. The lowest BCUT2D eigenvalue weighted by molar-refractivity contribution is -0.148. The first-order valence-electron chi connectivity index (χ1n) is 13.7. The van der Waals surface area contributed by atoms with E-state index in [0.717, 1.165) is 64.7 Å². The third-order valence-corrected chi connectivity index (χ3v) is 6.41. The Balaban J connectivity index is 1.87. The molecule has 1 rings (SSSR count). The highest BCUT2D eigenvalue weighted by Gasteiger charge is 2.25. The number of ether oxygens (including phenoxy) is 2. The maximum Gasteiger partial charge on any atom is 0.307 e. The Labute approximate surface area is 203 Å². The minimum Gasteiger partial charge on any atom is -0.466 e. The SMILES string of the molecule is CCCCCCCCCCCOC(=O)CCCCCCN1CCC(OC(=O)CCN(C)C)C1. The van der Waals surface area contributed by atoms with Crippen LogP contribution in [0.25, 0.3) is 0 Å². The van der Waals surface area contributed by atoms with Gasteiger partial charge >= 0.3 is 11.9 Å². The lowest BCUT2D eigenvalue weighted by Gasteiger charge is -2.16. The van der Waals surface area contributed by atoms with Crippen molar-refractivity contribution in [1.29, 1.82) is 0 Å². The molecule has 0 spiro atoms. The van der Waals surface area contributed by atoms with Crippen molar-refractivity contribution >= 4 is 11.9 Å². The second-order valence-electron chi connectivity index (χ2n) is 9.97. The van der Waals surface area contributed by atoms with E-state index in [4.69, 9.17) is 9.47 Å². The Hall–Kier alpha value is -1.14. The number of likely N-dealkylation sites (tertiary alicyclic amines) is 1. The molecule has 1 fully saturated rings. The Morgan fingerprint density at radius 3 is 2.15 bits per heavy atom. The van der Waals surface area contributed by atoms with E-state index in [0.29, 0.717) is 19.4 Å². The number of unbranched alkanes of at least 4 members (excludes halogenated alkanes) is 11. The largest absolute Gasteiger partial charge is 0.466 e. The minimum atomic E-state index is -0.0831. The van der Waals surface area contributed by atoms with Crippen molar-refractivity contribution in [1.82, 2.24) is 9.80 Å². The molecule has 0 aromatic heterocycles. The smallest absolute Gasteiger partial charge is 0.307 e. The number of hydrogen-bond acceptors (Lipinski definition) is 6. The van der Waals surface area contributed by atoms with Gasteiger partial charge in [-0.3, -0.25) is 14.5 Å². The predicted octanol–water partition coefficient (Wildman–Crippen LogP) is 5.58. The van der Waals surface area contributed by atoms with Gasteiger partial charge in [-0.1, -0.05) is 71.1 Å². The van der Waals surface area contributed by atoms with Crippen LogP contribution in [-0.4, -0.2) is 74.7 Å².